The molecule has 0 amide bonds. The summed E-state index contributed by atoms with van der Waals surface area (Å²) in [5.74, 6) is 2.98. The monoisotopic (exact) mass is 953 g/mol. The predicted molar refractivity (Wildman–Crippen MR) is 228 cm³/mol. The van der Waals surface area contributed by atoms with Crippen molar-refractivity contribution in [1.82, 2.24) is 39.9 Å². The summed E-state index contributed by atoms with van der Waals surface area (Å²) in [6.07, 6.45) is 0. The van der Waals surface area contributed by atoms with Crippen LogP contribution in [0.5, 0.6) is 0 Å². The fourth-order valence-electron chi connectivity index (χ4n) is 3.95. The van der Waals surface area contributed by atoms with Gasteiger partial charge >= 0.3 is 17.1 Å². The van der Waals surface area contributed by atoms with Gasteiger partial charge in [0.05, 0.1) is 23.3 Å². The molecule has 9 heterocycles. The first kappa shape index (κ1) is 39.8. The summed E-state index contributed by atoms with van der Waals surface area (Å²) in [6.45, 7) is 12.0. The molecule has 2 aliphatic rings. The molecule has 0 saturated carbocycles. The van der Waals surface area contributed by atoms with Crippen LogP contribution in [0.4, 0.5) is 0 Å². The summed E-state index contributed by atoms with van der Waals surface area (Å²) < 4.78 is 0. The van der Waals surface area contributed by atoms with Gasteiger partial charge in [-0.3, -0.25) is 0 Å². The fourth-order valence-corrected chi connectivity index (χ4v) is 36.8. The van der Waals surface area contributed by atoms with Gasteiger partial charge in [-0.15, -0.1) is 0 Å². The van der Waals surface area contributed by atoms with E-state index in [4.69, 9.17) is 39.9 Å². The maximum atomic E-state index is 5.12. The topological polar surface area (TPSA) is 106 Å². The van der Waals surface area contributed by atoms with Crippen LogP contribution >= 0.6 is 123 Å². The van der Waals surface area contributed by atoms with Crippen LogP contribution in [0.15, 0.2) is 0 Å². The van der Waals surface area contributed by atoms with Crippen molar-refractivity contribution in [1.29, 1.82) is 0 Å². The van der Waals surface area contributed by atoms with Gasteiger partial charge in [0.2, 0.25) is 0 Å². The second-order valence-electron chi connectivity index (χ2n) is 7.79. The second-order valence-corrected chi connectivity index (χ2v) is 36.4. The maximum Gasteiger partial charge on any atom is 2.00 e. The Hall–Kier alpha value is 1.64. The number of fused-ring (bicyclic) bond motifs is 20. The molecule has 8 bridgehead atoms. The van der Waals surface area contributed by atoms with E-state index in [0.29, 0.717) is 0 Å². The summed E-state index contributed by atoms with van der Waals surface area (Å²) in [4.78, 5) is 40.6. The molecule has 0 aliphatic carbocycles. The zero-order chi connectivity index (χ0) is 32.2. The molecule has 47 heavy (non-hydrogen) atoms. The zero-order valence-electron chi connectivity index (χ0n) is 25.0. The fraction of sp³-hybridized carbons (Fsp3) is 0.273. The number of nitrogens with zero attached hydrogens (tertiary/aromatic N) is 8. The van der Waals surface area contributed by atoms with Crippen molar-refractivity contribution in [3.63, 3.8) is 0 Å². The van der Waals surface area contributed by atoms with Crippen LogP contribution in [-0.4, -0.2) is 29.9 Å². The molecule has 0 fully saturated rings. The quantitative estimate of drug-likeness (QED) is 0.138. The molecule has 0 saturated heterocycles. The minimum absolute atomic E-state index is 0. The molecular weight excluding hydrogens is 935 g/mol. The Morgan fingerprint density at radius 2 is 0.532 bits per heavy atom. The van der Waals surface area contributed by atoms with Crippen LogP contribution in [0.25, 0.3) is 87.5 Å². The third-order valence-electron chi connectivity index (χ3n) is 5.60. The minimum Gasteiger partial charge on any atom is -0.356 e. The van der Waals surface area contributed by atoms with E-state index in [0.717, 1.165) is 45.9 Å². The number of hydrogen-bond acceptors (Lipinski definition) is 6. The van der Waals surface area contributed by atoms with Gasteiger partial charge in [0.15, 0.2) is 0 Å². The molecule has 237 valence electrons. The van der Waals surface area contributed by atoms with Gasteiger partial charge in [-0.1, -0.05) is 41.5 Å². The molecule has 1 radical (unpaired) electrons. The Morgan fingerprint density at radius 3 is 0.766 bits per heavy atom. The van der Waals surface area contributed by atoms with E-state index in [2.05, 4.69) is 0 Å². The maximum absolute atomic E-state index is 5.12. The number of rotatable bonds is 0. The number of aromatic nitrogens is 8. The van der Waals surface area contributed by atoms with Crippen LogP contribution < -0.4 is 9.97 Å². The van der Waals surface area contributed by atoms with Crippen LogP contribution in [0.3, 0.4) is 0 Å². The van der Waals surface area contributed by atoms with Crippen molar-refractivity contribution < 1.29 is 17.1 Å². The van der Waals surface area contributed by atoms with Crippen molar-refractivity contribution in [2.75, 3.05) is 0 Å². The van der Waals surface area contributed by atoms with Crippen molar-refractivity contribution in [3.8, 4) is 44.5 Å². The molecule has 9 rings (SSSR count). The van der Waals surface area contributed by atoms with E-state index < -0.39 is 0 Å². The van der Waals surface area contributed by atoms with Gasteiger partial charge in [-0.05, 0) is 123 Å². The molecular formula is C22H18CuN8P16. The molecule has 0 aromatic carbocycles. The van der Waals surface area contributed by atoms with Gasteiger partial charge in [0.25, 0.3) is 0 Å². The predicted octanol–water partition coefficient (Wildman–Crippen LogP) is 18.5. The average molecular weight is 954 g/mol. The normalized spacial score (nSPS) is 13.3. The van der Waals surface area contributed by atoms with Gasteiger partial charge in [0, 0.05) is 64.2 Å². The van der Waals surface area contributed by atoms with E-state index in [1.54, 1.807) is 0 Å². The Morgan fingerprint density at radius 1 is 0.319 bits per heavy atom. The third kappa shape index (κ3) is 8.25. The molecule has 2 aliphatic heterocycles. The molecule has 25 heteroatoms. The minimum atomic E-state index is 0. The van der Waals surface area contributed by atoms with E-state index in [-0.39, 0.29) is 17.1 Å². The van der Waals surface area contributed by atoms with Crippen LogP contribution in [0.2, 0.25) is 0 Å². The van der Waals surface area contributed by atoms with Gasteiger partial charge in [-0.2, -0.15) is 0 Å². The summed E-state index contributed by atoms with van der Waals surface area (Å²) in [6, 6.07) is 0. The van der Waals surface area contributed by atoms with E-state index in [9.17, 15) is 0 Å². The summed E-state index contributed by atoms with van der Waals surface area (Å²) in [7, 11) is 20.5. The first-order valence-electron chi connectivity index (χ1n) is 13.8. The molecule has 0 N–H and O–H groups in total. The number of hydrogen-bond donors (Lipinski definition) is 0. The van der Waals surface area contributed by atoms with Crippen LogP contribution in [-0.2, 0) is 17.1 Å². The van der Waals surface area contributed by atoms with Crippen molar-refractivity contribution >= 4 is 166 Å². The largest absolute Gasteiger partial charge is 2.00 e. The Bertz CT molecular complexity index is 2070. The first-order chi connectivity index (χ1) is 22.8. The first-order valence-corrected chi connectivity index (χ1v) is 36.5. The third-order valence-corrected chi connectivity index (χ3v) is 38.2. The van der Waals surface area contributed by atoms with E-state index in [1.165, 1.54) is 165 Å². The SMILES string of the molecule is CC.CC.CC.[Cu+2].n1c2nc3[n-]c(nc4nc(nc5[n-]c(nc1-c1ppppc1-2)c1ppppc51)-c1ppppc1-4)c1ppppc31. The van der Waals surface area contributed by atoms with Crippen LogP contribution in [0, 0.1) is 0 Å². The van der Waals surface area contributed by atoms with Crippen LogP contribution in [0.1, 0.15) is 41.5 Å². The summed E-state index contributed by atoms with van der Waals surface area (Å²) in [5, 5.41) is 9.38. The molecule has 7 aromatic heterocycles. The smallest absolute Gasteiger partial charge is 0.356 e. The van der Waals surface area contributed by atoms with Crippen molar-refractivity contribution in [2.24, 2.45) is 0 Å². The Labute approximate surface area is 307 Å². The Kier molecular flexibility index (Phi) is 16.2. The van der Waals surface area contributed by atoms with Gasteiger partial charge in [0.1, 0.15) is 0 Å². The second kappa shape index (κ2) is 19.1. The van der Waals surface area contributed by atoms with Crippen molar-refractivity contribution in [3.05, 3.63) is 0 Å². The van der Waals surface area contributed by atoms with Gasteiger partial charge < -0.3 is 29.9 Å². The average Bonchev–Trinajstić information content (AvgIpc) is 3.87. The molecule has 7 aromatic rings. The Balaban J connectivity index is 0.000000589. The molecule has 0 unspecified atom stereocenters. The van der Waals surface area contributed by atoms with E-state index in [1.807, 2.05) is 41.5 Å². The summed E-state index contributed by atoms with van der Waals surface area (Å²) in [5.41, 5.74) is 2.98. The van der Waals surface area contributed by atoms with E-state index >= 15 is 0 Å². The molecule has 0 spiro atoms. The van der Waals surface area contributed by atoms with Crippen molar-refractivity contribution in [2.45, 2.75) is 41.5 Å². The van der Waals surface area contributed by atoms with Gasteiger partial charge in [-0.25, -0.2) is 9.97 Å². The molecule has 8 nitrogen and oxygen atoms in total. The standard InChI is InChI=1S/C16N8P16.3C2H6.Cu/c17-9-1-2(26-34-33-25-1)10(17)22-12-5-6(30-38-37-29-5)14(19-12)24-16-8-7(31-39-40-32-8)15(20-16)23-13-4-3(11(18-13)21-9)27-35-36-28-4;3*1-2;/h;3*1-2H3;/q-2;;;;+2. The zero-order valence-corrected chi connectivity index (χ0v) is 40.3. The summed E-state index contributed by atoms with van der Waals surface area (Å²) >= 11 is 0. The molecule has 0 atom stereocenters.